The van der Waals surface area contributed by atoms with E-state index in [1.54, 1.807) is 16.7 Å². The van der Waals surface area contributed by atoms with Crippen molar-refractivity contribution < 1.29 is 28.8 Å². The Bertz CT molecular complexity index is 1060. The number of aliphatic hydroxyl groups is 2. The molecule has 2 aliphatic heterocycles. The number of anilines is 1. The predicted octanol–water partition coefficient (Wildman–Crippen LogP) is 0.864. The van der Waals surface area contributed by atoms with Crippen molar-refractivity contribution in [1.82, 2.24) is 19.5 Å². The number of ether oxygens (including phenoxy) is 3. The van der Waals surface area contributed by atoms with E-state index in [-0.39, 0.29) is 18.4 Å². The maximum Gasteiger partial charge on any atom is 0.167 e. The van der Waals surface area contributed by atoms with Gasteiger partial charge in [-0.2, -0.15) is 0 Å². The van der Waals surface area contributed by atoms with Crippen LogP contribution in [0.15, 0.2) is 36.9 Å². The number of aromatic nitrogens is 4. The lowest BCUT2D eigenvalue weighted by Gasteiger charge is -2.17. The Kier molecular flexibility index (Phi) is 5.40. The molecule has 1 aromatic carbocycles. The summed E-state index contributed by atoms with van der Waals surface area (Å²) in [6.07, 6.45) is -0.539. The molecule has 164 valence electrons. The Labute approximate surface area is 176 Å². The number of fused-ring (bicyclic) bond motifs is 1. The molecule has 2 unspecified atom stereocenters. The molecule has 0 bridgehead atoms. The molecular weight excluding hydrogens is 409 g/mol. The predicted molar refractivity (Wildman–Crippen MR) is 106 cm³/mol. The zero-order valence-electron chi connectivity index (χ0n) is 16.5. The summed E-state index contributed by atoms with van der Waals surface area (Å²) in [5.74, 6) is 0.0903. The molecular formula is C20H22FN5O5. The minimum atomic E-state index is -1.25. The lowest BCUT2D eigenvalue weighted by atomic mass is 10.1. The fourth-order valence-corrected chi connectivity index (χ4v) is 3.82. The number of nitrogens with one attached hydrogen (secondary N) is 1. The topological polar surface area (TPSA) is 124 Å². The minimum absolute atomic E-state index is 0.0451. The molecule has 0 amide bonds. The van der Waals surface area contributed by atoms with Gasteiger partial charge in [0.15, 0.2) is 34.8 Å². The van der Waals surface area contributed by atoms with E-state index in [9.17, 15) is 14.6 Å². The monoisotopic (exact) mass is 431 g/mol. The van der Waals surface area contributed by atoms with Gasteiger partial charge in [-0.3, -0.25) is 4.57 Å². The van der Waals surface area contributed by atoms with Gasteiger partial charge in [-0.15, -0.1) is 0 Å². The standard InChI is InChI=1S/C20H22FN5O5/c21-12-3-1-2-4-13(12)30-8-14-16(27)17(28)20(31-14)26-10-24-15-18(22-9-23-19(15)26)25-11-5-6-29-7-11/h1-4,9-11,14,16-17,20,27-28H,5-8H2,(H,22,23,25)/t11?,14-,16-,17-,20?/m1/s1. The van der Waals surface area contributed by atoms with Crippen LogP contribution in [0.4, 0.5) is 10.2 Å². The summed E-state index contributed by atoms with van der Waals surface area (Å²) >= 11 is 0. The molecule has 0 spiro atoms. The van der Waals surface area contributed by atoms with Crippen LogP contribution in [0.2, 0.25) is 0 Å². The molecule has 11 heteroatoms. The number of hydrogen-bond acceptors (Lipinski definition) is 9. The number of imidazole rings is 1. The molecule has 10 nitrogen and oxygen atoms in total. The third-order valence-electron chi connectivity index (χ3n) is 5.48. The van der Waals surface area contributed by atoms with Gasteiger partial charge in [0.05, 0.1) is 19.0 Å². The number of hydrogen-bond donors (Lipinski definition) is 3. The highest BCUT2D eigenvalue weighted by molar-refractivity contribution is 5.82. The highest BCUT2D eigenvalue weighted by atomic mass is 19.1. The molecule has 3 aromatic rings. The van der Waals surface area contributed by atoms with Crippen LogP contribution < -0.4 is 10.1 Å². The van der Waals surface area contributed by atoms with Crippen molar-refractivity contribution in [3.05, 3.63) is 42.7 Å². The van der Waals surface area contributed by atoms with Crippen molar-refractivity contribution in [1.29, 1.82) is 0 Å². The van der Waals surface area contributed by atoms with Crippen LogP contribution in [-0.2, 0) is 9.47 Å². The van der Waals surface area contributed by atoms with E-state index in [0.29, 0.717) is 30.2 Å². The minimum Gasteiger partial charge on any atom is -0.488 e. The zero-order chi connectivity index (χ0) is 21.4. The summed E-state index contributed by atoms with van der Waals surface area (Å²) < 4.78 is 32.0. The lowest BCUT2D eigenvalue weighted by Crippen LogP contribution is -2.34. The molecule has 4 heterocycles. The van der Waals surface area contributed by atoms with Crippen molar-refractivity contribution >= 4 is 17.0 Å². The number of benzene rings is 1. The van der Waals surface area contributed by atoms with Gasteiger partial charge in [0, 0.05) is 6.61 Å². The van der Waals surface area contributed by atoms with Gasteiger partial charge in [-0.25, -0.2) is 19.3 Å². The molecule has 2 aromatic heterocycles. The van der Waals surface area contributed by atoms with Gasteiger partial charge in [-0.1, -0.05) is 12.1 Å². The van der Waals surface area contributed by atoms with E-state index in [1.807, 2.05) is 0 Å². The number of nitrogens with zero attached hydrogens (tertiary/aromatic N) is 4. The maximum atomic E-state index is 13.8. The second-order valence-electron chi connectivity index (χ2n) is 7.54. The Balaban J connectivity index is 1.34. The summed E-state index contributed by atoms with van der Waals surface area (Å²) in [7, 11) is 0. The Morgan fingerprint density at radius 1 is 1.19 bits per heavy atom. The van der Waals surface area contributed by atoms with Crippen LogP contribution in [0.25, 0.3) is 11.2 Å². The average Bonchev–Trinajstić information content (AvgIpc) is 3.50. The van der Waals surface area contributed by atoms with E-state index in [0.717, 1.165) is 6.42 Å². The van der Waals surface area contributed by atoms with Gasteiger partial charge in [0.1, 0.15) is 31.2 Å². The summed E-state index contributed by atoms with van der Waals surface area (Å²) in [6, 6.07) is 6.09. The van der Waals surface area contributed by atoms with Gasteiger partial charge >= 0.3 is 0 Å². The molecule has 2 aliphatic rings. The Morgan fingerprint density at radius 2 is 2.06 bits per heavy atom. The molecule has 5 atom stereocenters. The Morgan fingerprint density at radius 3 is 2.87 bits per heavy atom. The summed E-state index contributed by atoms with van der Waals surface area (Å²) in [5, 5.41) is 24.3. The van der Waals surface area contributed by atoms with Gasteiger partial charge < -0.3 is 29.7 Å². The SMILES string of the molecule is O[C@@H]1[C@@H](COc2ccccc2F)OC(n2cnc3c(NC4CCOC4)ncnc32)[C@@H]1O. The van der Waals surface area contributed by atoms with Crippen LogP contribution in [0, 0.1) is 5.82 Å². The highest BCUT2D eigenvalue weighted by Gasteiger charge is 2.44. The van der Waals surface area contributed by atoms with E-state index >= 15 is 0 Å². The molecule has 31 heavy (non-hydrogen) atoms. The molecule has 3 N–H and O–H groups in total. The van der Waals surface area contributed by atoms with E-state index in [4.69, 9.17) is 14.2 Å². The second kappa shape index (κ2) is 8.35. The highest BCUT2D eigenvalue weighted by Crippen LogP contribution is 2.33. The maximum absolute atomic E-state index is 13.8. The fourth-order valence-electron chi connectivity index (χ4n) is 3.82. The zero-order valence-corrected chi connectivity index (χ0v) is 16.5. The van der Waals surface area contributed by atoms with Crippen LogP contribution >= 0.6 is 0 Å². The fraction of sp³-hybridized carbons (Fsp3) is 0.450. The molecule has 5 rings (SSSR count). The largest absolute Gasteiger partial charge is 0.488 e. The first kappa shape index (κ1) is 20.1. The number of para-hydroxylation sites is 1. The smallest absolute Gasteiger partial charge is 0.167 e. The van der Waals surface area contributed by atoms with E-state index in [2.05, 4.69) is 20.3 Å². The quantitative estimate of drug-likeness (QED) is 0.521. The summed E-state index contributed by atoms with van der Waals surface area (Å²) in [5.41, 5.74) is 0.967. The number of rotatable bonds is 6. The molecule has 0 aliphatic carbocycles. The third kappa shape index (κ3) is 3.81. The van der Waals surface area contributed by atoms with E-state index < -0.39 is 30.4 Å². The van der Waals surface area contributed by atoms with Crippen LogP contribution in [-0.4, -0.2) is 73.9 Å². The van der Waals surface area contributed by atoms with E-state index in [1.165, 1.54) is 24.8 Å². The van der Waals surface area contributed by atoms with Crippen molar-refractivity contribution in [2.45, 2.75) is 37.0 Å². The van der Waals surface area contributed by atoms with Gasteiger partial charge in [0.25, 0.3) is 0 Å². The van der Waals surface area contributed by atoms with Crippen LogP contribution in [0.1, 0.15) is 12.6 Å². The van der Waals surface area contributed by atoms with Crippen molar-refractivity contribution in [2.75, 3.05) is 25.1 Å². The third-order valence-corrected chi connectivity index (χ3v) is 5.48. The van der Waals surface area contributed by atoms with Crippen LogP contribution in [0.3, 0.4) is 0 Å². The number of halogens is 1. The molecule has 0 saturated carbocycles. The molecule has 2 fully saturated rings. The first-order chi connectivity index (χ1) is 15.1. The summed E-state index contributed by atoms with van der Waals surface area (Å²) in [6.45, 7) is 1.15. The second-order valence-corrected chi connectivity index (χ2v) is 7.54. The first-order valence-corrected chi connectivity index (χ1v) is 10.0. The average molecular weight is 431 g/mol. The normalized spacial score (nSPS) is 28.3. The van der Waals surface area contributed by atoms with Crippen molar-refractivity contribution in [3.63, 3.8) is 0 Å². The van der Waals surface area contributed by atoms with Gasteiger partial charge in [-0.05, 0) is 18.6 Å². The Hall–Kier alpha value is -2.86. The molecule has 2 saturated heterocycles. The van der Waals surface area contributed by atoms with Crippen molar-refractivity contribution in [3.8, 4) is 5.75 Å². The first-order valence-electron chi connectivity index (χ1n) is 10.0. The molecule has 0 radical (unpaired) electrons. The summed E-state index contributed by atoms with van der Waals surface area (Å²) in [4.78, 5) is 12.9. The van der Waals surface area contributed by atoms with Crippen LogP contribution in [0.5, 0.6) is 5.75 Å². The lowest BCUT2D eigenvalue weighted by molar-refractivity contribution is -0.0477. The van der Waals surface area contributed by atoms with Gasteiger partial charge in [0.2, 0.25) is 0 Å². The number of aliphatic hydroxyl groups excluding tert-OH is 2. The van der Waals surface area contributed by atoms with Crippen molar-refractivity contribution in [2.24, 2.45) is 0 Å².